The van der Waals surface area contributed by atoms with Crippen LogP contribution in [0.2, 0.25) is 0 Å². The molecule has 24 nitrogen and oxygen atoms in total. The molecule has 14 N–H and O–H groups in total. The van der Waals surface area contributed by atoms with Gasteiger partial charge in [-0.25, -0.2) is 9.37 Å². The Bertz CT molecular complexity index is 3330. The molecule has 0 fully saturated rings. The number of halogens is 1. The number of aromatic nitrogens is 2. The lowest BCUT2D eigenvalue weighted by atomic mass is 9.96. The second-order valence-corrected chi connectivity index (χ2v) is 26.2. The van der Waals surface area contributed by atoms with E-state index in [0.29, 0.717) is 59.1 Å². The number of aromatic amines is 1. The number of fused-ring (bicyclic) bond motifs is 2. The summed E-state index contributed by atoms with van der Waals surface area (Å²) in [7, 11) is 0. The van der Waals surface area contributed by atoms with E-state index in [1.807, 2.05) is 55.5 Å². The zero-order valence-electron chi connectivity index (χ0n) is 54.0. The Hall–Kier alpha value is -8.82. The smallest absolute Gasteiger partial charge is 0.305 e. The normalized spacial score (nSPS) is 22.2. The van der Waals surface area contributed by atoms with E-state index in [1.165, 1.54) is 60.7 Å². The van der Waals surface area contributed by atoms with Gasteiger partial charge in [0.05, 0.1) is 12.7 Å². The monoisotopic (exact) mass is 1350 g/mol. The van der Waals surface area contributed by atoms with E-state index in [9.17, 15) is 62.5 Å². The second-order valence-electron chi connectivity index (χ2n) is 24.0. The van der Waals surface area contributed by atoms with Gasteiger partial charge in [0.2, 0.25) is 53.2 Å². The highest BCUT2D eigenvalue weighted by atomic mass is 32.2. The molecule has 4 aromatic carbocycles. The van der Waals surface area contributed by atoms with Crippen LogP contribution in [0.1, 0.15) is 106 Å². The fraction of sp³-hybridized carbons (Fsp3) is 0.456. The molecule has 0 spiro atoms. The molecule has 512 valence electrons. The number of nitrogens with two attached hydrogens (primary N) is 1. The number of carbonyl (C=O) groups is 10. The highest BCUT2D eigenvalue weighted by Gasteiger charge is 2.37. The first-order valence-corrected chi connectivity index (χ1v) is 34.3. The standard InChI is InChI=1S/C68H89FN12O12S2/c1-5-42(4)60-68(93)75-51(16-9-10-26-70)62(87)76-52(30-41(2)3)63(88)77-54(33-44-17-21-48(69)22-18-44)65(90)80-57(36-59(84)85)66(91)78-55(34-45-19-23-50(82)24-20-45)64(89)79-56(35-49-37-71-40-73-49)61(86)72-27-29-95-39-47-15-11-14-46(31-47)38-94-28-25-58(83)74-53(67(92)81-60)32-43-12-7-6-8-13-43/h6-8,11-15,17-24,31,37,40-42,51-57,60,82H,5,9-10,16,25-30,32-36,38-39,70H2,1-4H3,(H,71,73)(H,72,86)(H,74,83)(H,75,93)(H,76,87)(H,77,88)(H,78,91)(H,79,89)(H,80,90)(H,81,92)(H,84,85)/t42-,51-,52-,53-,54-,55-,56-,57-,60-/m0/s1. The van der Waals surface area contributed by atoms with E-state index in [2.05, 4.69) is 63.9 Å². The van der Waals surface area contributed by atoms with E-state index in [1.54, 1.807) is 32.5 Å². The van der Waals surface area contributed by atoms with E-state index in [-0.39, 0.29) is 75.6 Å². The third kappa shape index (κ3) is 26.1. The summed E-state index contributed by atoms with van der Waals surface area (Å²) in [6.45, 7) is 7.59. The average Bonchev–Trinajstić information content (AvgIpc) is 0.985. The first-order valence-electron chi connectivity index (χ1n) is 32.0. The van der Waals surface area contributed by atoms with Crippen molar-refractivity contribution in [3.8, 4) is 5.75 Å². The molecule has 1 aliphatic heterocycles. The fourth-order valence-electron chi connectivity index (χ4n) is 10.4. The lowest BCUT2D eigenvalue weighted by Gasteiger charge is -2.30. The van der Waals surface area contributed by atoms with Gasteiger partial charge in [-0.3, -0.25) is 47.9 Å². The average molecular weight is 1350 g/mol. The first-order chi connectivity index (χ1) is 45.6. The molecular formula is C68H89FN12O12S2. The highest BCUT2D eigenvalue weighted by Crippen LogP contribution is 2.20. The summed E-state index contributed by atoms with van der Waals surface area (Å²) >= 11 is 3.09. The maximum absolute atomic E-state index is 14.7. The molecule has 1 aliphatic rings. The minimum absolute atomic E-state index is 0.0173. The number of phenolic OH excluding ortho intramolecular Hbond substituents is 1. The summed E-state index contributed by atoms with van der Waals surface area (Å²) in [6.07, 6.45) is 2.57. The zero-order chi connectivity index (χ0) is 68.8. The molecule has 27 heteroatoms. The van der Waals surface area contributed by atoms with Gasteiger partial charge in [-0.1, -0.05) is 113 Å². The molecule has 2 heterocycles. The maximum Gasteiger partial charge on any atom is 0.305 e. The molecule has 95 heavy (non-hydrogen) atoms. The lowest BCUT2D eigenvalue weighted by Crippen LogP contribution is -2.61. The van der Waals surface area contributed by atoms with E-state index >= 15 is 0 Å². The first kappa shape index (κ1) is 75.2. The van der Waals surface area contributed by atoms with Crippen LogP contribution in [0, 0.1) is 17.7 Å². The van der Waals surface area contributed by atoms with Crippen LogP contribution in [0.15, 0.2) is 116 Å². The number of phenols is 1. The molecular weight excluding hydrogens is 1260 g/mol. The molecule has 9 atom stereocenters. The summed E-state index contributed by atoms with van der Waals surface area (Å²) in [5, 5.41) is 45.0. The van der Waals surface area contributed by atoms with Crippen molar-refractivity contribution < 1.29 is 62.5 Å². The molecule has 1 aromatic heterocycles. The molecule has 2 bridgehead atoms. The number of carboxylic acids is 1. The molecule has 0 unspecified atom stereocenters. The van der Waals surface area contributed by atoms with Crippen LogP contribution in [0.25, 0.3) is 0 Å². The summed E-state index contributed by atoms with van der Waals surface area (Å²) in [5.41, 5.74) is 9.88. The van der Waals surface area contributed by atoms with Gasteiger partial charge >= 0.3 is 5.97 Å². The van der Waals surface area contributed by atoms with Gasteiger partial charge in [0, 0.05) is 73.6 Å². The van der Waals surface area contributed by atoms with Crippen molar-refractivity contribution in [1.82, 2.24) is 57.8 Å². The molecule has 0 saturated heterocycles. The number of imidazole rings is 1. The van der Waals surface area contributed by atoms with Gasteiger partial charge in [0.25, 0.3) is 0 Å². The molecule has 5 aromatic rings. The predicted octanol–water partition coefficient (Wildman–Crippen LogP) is 3.79. The van der Waals surface area contributed by atoms with Gasteiger partial charge < -0.3 is 68.8 Å². The number of thioether (sulfide) groups is 2. The van der Waals surface area contributed by atoms with Gasteiger partial charge in [0.15, 0.2) is 0 Å². The van der Waals surface area contributed by atoms with E-state index < -0.39 is 120 Å². The lowest BCUT2D eigenvalue weighted by molar-refractivity contribution is -0.141. The number of hydrogen-bond donors (Lipinski definition) is 13. The van der Waals surface area contributed by atoms with Crippen LogP contribution in [0.5, 0.6) is 5.75 Å². The van der Waals surface area contributed by atoms with Crippen LogP contribution in [0.3, 0.4) is 0 Å². The Morgan fingerprint density at radius 2 is 1.11 bits per heavy atom. The maximum atomic E-state index is 14.7. The summed E-state index contributed by atoms with van der Waals surface area (Å²) in [5.74, 6) is -8.08. The number of benzene rings is 4. The highest BCUT2D eigenvalue weighted by molar-refractivity contribution is 7.98. The number of nitrogens with one attached hydrogen (secondary N) is 10. The minimum atomic E-state index is -1.92. The summed E-state index contributed by atoms with van der Waals surface area (Å²) in [6, 6.07) is 16.3. The molecule has 9 amide bonds. The van der Waals surface area contributed by atoms with Gasteiger partial charge in [-0.15, -0.1) is 0 Å². The van der Waals surface area contributed by atoms with Crippen LogP contribution in [0.4, 0.5) is 4.39 Å². The third-order valence-corrected chi connectivity index (χ3v) is 17.9. The minimum Gasteiger partial charge on any atom is -0.508 e. The van der Waals surface area contributed by atoms with Crippen molar-refractivity contribution in [2.75, 3.05) is 24.6 Å². The van der Waals surface area contributed by atoms with Crippen molar-refractivity contribution >= 4 is 82.7 Å². The number of rotatable bonds is 18. The van der Waals surface area contributed by atoms with Crippen LogP contribution >= 0.6 is 23.5 Å². The Balaban J connectivity index is 1.35. The van der Waals surface area contributed by atoms with Crippen LogP contribution in [-0.2, 0) is 85.1 Å². The van der Waals surface area contributed by atoms with Crippen molar-refractivity contribution in [1.29, 1.82) is 0 Å². The van der Waals surface area contributed by atoms with E-state index in [4.69, 9.17) is 5.73 Å². The van der Waals surface area contributed by atoms with Crippen molar-refractivity contribution in [3.05, 3.63) is 155 Å². The Morgan fingerprint density at radius 3 is 1.68 bits per heavy atom. The van der Waals surface area contributed by atoms with Gasteiger partial charge in [0.1, 0.15) is 59.9 Å². The summed E-state index contributed by atoms with van der Waals surface area (Å²) in [4.78, 5) is 150. The molecule has 0 radical (unpaired) electrons. The predicted molar refractivity (Wildman–Crippen MR) is 360 cm³/mol. The number of hydrogen-bond acceptors (Lipinski definition) is 15. The number of H-pyrrole nitrogens is 1. The largest absolute Gasteiger partial charge is 0.508 e. The Kier molecular flexibility index (Phi) is 31.0. The number of carboxylic acid groups (broad SMARTS) is 1. The number of carbonyl (C=O) groups excluding carboxylic acids is 9. The number of unbranched alkanes of at least 4 members (excludes halogenated alkanes) is 1. The number of aliphatic carboxylic acids is 1. The summed E-state index contributed by atoms with van der Waals surface area (Å²) < 4.78 is 14.3. The topological polar surface area (TPSA) is 374 Å². The quantitative estimate of drug-likeness (QED) is 0.0555. The van der Waals surface area contributed by atoms with E-state index in [0.717, 1.165) is 28.8 Å². The SMILES string of the molecule is CC[C@H](C)[C@@H]1NC(=O)[C@H](Cc2ccccc2)NC(=O)CCSCc2cccc(c2)CSCCNC(=O)[C@H](Cc2cnc[nH]2)NC(=O)[C@H](Cc2ccc(O)cc2)NC(=O)[C@H](CC(=O)O)NC(=O)[C@H](Cc2ccc(F)cc2)NC(=O)[C@H](CC(C)C)NC(=O)[C@H](CCCCN)NC1=O. The van der Waals surface area contributed by atoms with Gasteiger partial charge in [-0.2, -0.15) is 23.5 Å². The fourth-order valence-corrected chi connectivity index (χ4v) is 12.1. The number of nitrogens with zero attached hydrogens (tertiary/aromatic N) is 1. The second kappa shape index (κ2) is 39.1. The zero-order valence-corrected chi connectivity index (χ0v) is 55.6. The molecule has 0 aliphatic carbocycles. The van der Waals surface area contributed by atoms with Crippen molar-refractivity contribution in [3.63, 3.8) is 0 Å². The number of amides is 9. The van der Waals surface area contributed by atoms with Crippen LogP contribution < -0.4 is 53.6 Å². The van der Waals surface area contributed by atoms with Crippen molar-refractivity contribution in [2.45, 2.75) is 158 Å². The van der Waals surface area contributed by atoms with Crippen molar-refractivity contribution in [2.24, 2.45) is 17.6 Å². The van der Waals surface area contributed by atoms with Crippen LogP contribution in [-0.4, -0.2) is 152 Å². The molecule has 6 rings (SSSR count). The number of aromatic hydroxyl groups is 1. The third-order valence-electron chi connectivity index (χ3n) is 15.8. The Morgan fingerprint density at radius 1 is 0.589 bits per heavy atom. The molecule has 0 saturated carbocycles. The Labute approximate surface area is 561 Å². The van der Waals surface area contributed by atoms with Gasteiger partial charge in [-0.05, 0) is 96.1 Å².